The van der Waals surface area contributed by atoms with Gasteiger partial charge in [0.15, 0.2) is 0 Å². The zero-order chi connectivity index (χ0) is 15.3. The standard InChI is InChI=1S/C16H34O3Si/c1-6-7-8-10-16(20(3,4)5)11-9-12-18-15-19-14-13-17-2/h10H,6-9,11-15H2,1-5H3/b16-10+. The van der Waals surface area contributed by atoms with Crippen molar-refractivity contribution in [3.63, 3.8) is 0 Å². The van der Waals surface area contributed by atoms with E-state index in [4.69, 9.17) is 14.2 Å². The molecule has 0 aromatic carbocycles. The lowest BCUT2D eigenvalue weighted by Gasteiger charge is -2.21. The molecule has 0 aliphatic carbocycles. The first-order valence-corrected chi connectivity index (χ1v) is 11.4. The van der Waals surface area contributed by atoms with E-state index in [9.17, 15) is 0 Å². The first-order chi connectivity index (χ1) is 9.52. The van der Waals surface area contributed by atoms with Crippen molar-refractivity contribution in [3.8, 4) is 0 Å². The van der Waals surface area contributed by atoms with Crippen LogP contribution in [0.1, 0.15) is 39.0 Å². The summed E-state index contributed by atoms with van der Waals surface area (Å²) in [4.78, 5) is 0. The predicted octanol–water partition coefficient (Wildman–Crippen LogP) is 4.40. The highest BCUT2D eigenvalue weighted by Gasteiger charge is 2.18. The predicted molar refractivity (Wildman–Crippen MR) is 88.8 cm³/mol. The average molecular weight is 303 g/mol. The number of hydrogen-bond acceptors (Lipinski definition) is 3. The smallest absolute Gasteiger partial charge is 0.146 e. The van der Waals surface area contributed by atoms with E-state index in [1.807, 2.05) is 0 Å². The molecule has 0 heterocycles. The van der Waals surface area contributed by atoms with Crippen LogP contribution in [0.2, 0.25) is 19.6 Å². The third kappa shape index (κ3) is 11.6. The Morgan fingerprint density at radius 2 is 1.70 bits per heavy atom. The van der Waals surface area contributed by atoms with Crippen molar-refractivity contribution < 1.29 is 14.2 Å². The monoisotopic (exact) mass is 302 g/mol. The summed E-state index contributed by atoms with van der Waals surface area (Å²) in [6, 6.07) is 0. The first kappa shape index (κ1) is 19.8. The van der Waals surface area contributed by atoms with Gasteiger partial charge in [-0.25, -0.2) is 0 Å². The normalized spacial score (nSPS) is 12.9. The fourth-order valence-electron chi connectivity index (χ4n) is 1.95. The second-order valence-electron chi connectivity index (χ2n) is 6.15. The van der Waals surface area contributed by atoms with Crippen molar-refractivity contribution in [2.45, 2.75) is 58.7 Å². The number of methoxy groups -OCH3 is 1. The summed E-state index contributed by atoms with van der Waals surface area (Å²) in [5.41, 5.74) is 0. The van der Waals surface area contributed by atoms with Crippen LogP contribution in [0.4, 0.5) is 0 Å². The molecular formula is C16H34O3Si. The summed E-state index contributed by atoms with van der Waals surface area (Å²) < 4.78 is 15.7. The molecule has 0 spiro atoms. The molecule has 0 aliphatic heterocycles. The minimum absolute atomic E-state index is 0.380. The van der Waals surface area contributed by atoms with Crippen LogP contribution >= 0.6 is 0 Å². The van der Waals surface area contributed by atoms with Gasteiger partial charge in [-0.05, 0) is 19.3 Å². The van der Waals surface area contributed by atoms with E-state index < -0.39 is 8.07 Å². The van der Waals surface area contributed by atoms with Gasteiger partial charge < -0.3 is 14.2 Å². The largest absolute Gasteiger partial charge is 0.382 e. The molecule has 0 N–H and O–H groups in total. The van der Waals surface area contributed by atoms with Gasteiger partial charge in [0.25, 0.3) is 0 Å². The number of allylic oxidation sites excluding steroid dienone is 2. The molecule has 0 aromatic heterocycles. The molecule has 4 heteroatoms. The van der Waals surface area contributed by atoms with Gasteiger partial charge in [0.05, 0.1) is 21.3 Å². The fourth-order valence-corrected chi connectivity index (χ4v) is 3.63. The third-order valence-electron chi connectivity index (χ3n) is 3.25. The maximum Gasteiger partial charge on any atom is 0.146 e. The van der Waals surface area contributed by atoms with Gasteiger partial charge in [-0.15, -0.1) is 0 Å². The van der Waals surface area contributed by atoms with Crippen LogP contribution in [-0.4, -0.2) is 41.8 Å². The van der Waals surface area contributed by atoms with Crippen molar-refractivity contribution in [3.05, 3.63) is 11.3 Å². The van der Waals surface area contributed by atoms with Gasteiger partial charge in [0.2, 0.25) is 0 Å². The SMILES string of the molecule is CCCC/C=C(\CCCOCOCCOC)[Si](C)(C)C. The van der Waals surface area contributed by atoms with Gasteiger partial charge in [-0.1, -0.05) is 50.7 Å². The summed E-state index contributed by atoms with van der Waals surface area (Å²) in [7, 11) is 0.509. The van der Waals surface area contributed by atoms with E-state index in [1.165, 1.54) is 25.7 Å². The molecule has 0 unspecified atom stereocenters. The summed E-state index contributed by atoms with van der Waals surface area (Å²) in [5.74, 6) is 0. The maximum absolute atomic E-state index is 5.48. The van der Waals surface area contributed by atoms with Crippen LogP contribution in [0.3, 0.4) is 0 Å². The highest BCUT2D eigenvalue weighted by molar-refractivity contribution is 6.83. The Balaban J connectivity index is 3.78. The van der Waals surface area contributed by atoms with Gasteiger partial charge in [-0.3, -0.25) is 0 Å². The lowest BCUT2D eigenvalue weighted by Crippen LogP contribution is -2.24. The summed E-state index contributed by atoms with van der Waals surface area (Å²) >= 11 is 0. The molecule has 0 bridgehead atoms. The maximum atomic E-state index is 5.48. The van der Waals surface area contributed by atoms with Crippen molar-refractivity contribution in [1.82, 2.24) is 0 Å². The Kier molecular flexibility index (Phi) is 12.5. The molecular weight excluding hydrogens is 268 g/mol. The van der Waals surface area contributed by atoms with Gasteiger partial charge in [0.1, 0.15) is 6.79 Å². The zero-order valence-electron chi connectivity index (χ0n) is 14.2. The first-order valence-electron chi connectivity index (χ1n) is 7.86. The van der Waals surface area contributed by atoms with E-state index in [2.05, 4.69) is 32.6 Å². The van der Waals surface area contributed by atoms with Crippen molar-refractivity contribution in [2.75, 3.05) is 33.7 Å². The molecule has 0 amide bonds. The Morgan fingerprint density at radius 3 is 2.30 bits per heavy atom. The number of rotatable bonds is 13. The lowest BCUT2D eigenvalue weighted by atomic mass is 10.2. The van der Waals surface area contributed by atoms with Crippen molar-refractivity contribution >= 4 is 8.07 Å². The third-order valence-corrected chi connectivity index (χ3v) is 5.63. The van der Waals surface area contributed by atoms with E-state index >= 15 is 0 Å². The molecule has 0 saturated carbocycles. The van der Waals surface area contributed by atoms with E-state index in [0.29, 0.717) is 20.0 Å². The average Bonchev–Trinajstić information content (AvgIpc) is 2.38. The highest BCUT2D eigenvalue weighted by Crippen LogP contribution is 2.21. The molecule has 0 aliphatic rings. The minimum Gasteiger partial charge on any atom is -0.382 e. The molecule has 0 radical (unpaired) electrons. The Bertz CT molecular complexity index is 247. The molecule has 0 atom stereocenters. The fraction of sp³-hybridized carbons (Fsp3) is 0.875. The summed E-state index contributed by atoms with van der Waals surface area (Å²) in [6.07, 6.45) is 8.57. The molecule has 20 heavy (non-hydrogen) atoms. The molecule has 120 valence electrons. The lowest BCUT2D eigenvalue weighted by molar-refractivity contribution is -0.0659. The Labute approximate surface area is 126 Å². The van der Waals surface area contributed by atoms with E-state index in [0.717, 1.165) is 13.0 Å². The van der Waals surface area contributed by atoms with Crippen LogP contribution in [-0.2, 0) is 14.2 Å². The minimum atomic E-state index is -1.16. The quantitative estimate of drug-likeness (QED) is 0.287. The number of ether oxygens (including phenoxy) is 3. The molecule has 3 nitrogen and oxygen atoms in total. The highest BCUT2D eigenvalue weighted by atomic mass is 28.3. The Hall–Kier alpha value is -0.163. The zero-order valence-corrected chi connectivity index (χ0v) is 15.2. The molecule has 0 fully saturated rings. The van der Waals surface area contributed by atoms with Crippen LogP contribution in [0.5, 0.6) is 0 Å². The second kappa shape index (κ2) is 12.6. The molecule has 0 rings (SSSR count). The Morgan fingerprint density at radius 1 is 1.00 bits per heavy atom. The van der Waals surface area contributed by atoms with Crippen LogP contribution < -0.4 is 0 Å². The van der Waals surface area contributed by atoms with Crippen LogP contribution in [0.25, 0.3) is 0 Å². The second-order valence-corrected chi connectivity index (χ2v) is 11.3. The van der Waals surface area contributed by atoms with Gasteiger partial charge in [0, 0.05) is 13.7 Å². The van der Waals surface area contributed by atoms with Crippen LogP contribution in [0, 0.1) is 0 Å². The van der Waals surface area contributed by atoms with Crippen molar-refractivity contribution in [1.29, 1.82) is 0 Å². The van der Waals surface area contributed by atoms with E-state index in [1.54, 1.807) is 12.3 Å². The number of hydrogen-bond donors (Lipinski definition) is 0. The van der Waals surface area contributed by atoms with Gasteiger partial charge >= 0.3 is 0 Å². The van der Waals surface area contributed by atoms with Crippen molar-refractivity contribution in [2.24, 2.45) is 0 Å². The molecule has 0 saturated heterocycles. The summed E-state index contributed by atoms with van der Waals surface area (Å²) in [5, 5.41) is 1.69. The summed E-state index contributed by atoms with van der Waals surface area (Å²) in [6.45, 7) is 11.9. The molecule has 0 aromatic rings. The van der Waals surface area contributed by atoms with Crippen LogP contribution in [0.15, 0.2) is 11.3 Å². The van der Waals surface area contributed by atoms with E-state index in [-0.39, 0.29) is 0 Å². The number of unbranched alkanes of at least 4 members (excludes halogenated alkanes) is 2. The topological polar surface area (TPSA) is 27.7 Å². The van der Waals surface area contributed by atoms with Gasteiger partial charge in [-0.2, -0.15) is 0 Å².